The fourth-order valence-corrected chi connectivity index (χ4v) is 3.77. The molecule has 6 nitrogen and oxygen atoms in total. The lowest BCUT2D eigenvalue weighted by Crippen LogP contribution is -2.50. The molecule has 0 aromatic carbocycles. The van der Waals surface area contributed by atoms with Crippen LogP contribution in [0, 0.1) is 5.41 Å². The number of thiophene rings is 1. The fraction of sp³-hybridized carbons (Fsp3) is 0.647. The van der Waals surface area contributed by atoms with E-state index in [0.29, 0.717) is 31.8 Å². The SMILES string of the molecule is C[C@]1(CNC(=O)N2CCC(NC(=O)c3ccsc3)CC2)CCOC1. The maximum Gasteiger partial charge on any atom is 0.317 e. The molecule has 0 spiro atoms. The number of rotatable bonds is 4. The van der Waals surface area contributed by atoms with Gasteiger partial charge in [0.25, 0.3) is 5.91 Å². The van der Waals surface area contributed by atoms with Gasteiger partial charge in [0.1, 0.15) is 0 Å². The van der Waals surface area contributed by atoms with Gasteiger partial charge in [-0.3, -0.25) is 4.79 Å². The second-order valence-corrected chi connectivity index (χ2v) is 7.80. The van der Waals surface area contributed by atoms with E-state index in [1.54, 1.807) is 0 Å². The van der Waals surface area contributed by atoms with E-state index in [0.717, 1.165) is 25.9 Å². The summed E-state index contributed by atoms with van der Waals surface area (Å²) in [5, 5.41) is 9.84. The summed E-state index contributed by atoms with van der Waals surface area (Å²) in [6.07, 6.45) is 2.58. The molecule has 0 saturated carbocycles. The molecule has 1 atom stereocenters. The maximum absolute atomic E-state index is 12.3. The molecule has 24 heavy (non-hydrogen) atoms. The van der Waals surface area contributed by atoms with Crippen LogP contribution in [0.2, 0.25) is 0 Å². The molecule has 2 N–H and O–H groups in total. The molecule has 0 bridgehead atoms. The molecular weight excluding hydrogens is 326 g/mol. The second-order valence-electron chi connectivity index (χ2n) is 7.02. The molecular formula is C17H25N3O3S. The Kier molecular flexibility index (Phi) is 5.40. The van der Waals surface area contributed by atoms with Gasteiger partial charge in [0, 0.05) is 48.6 Å². The summed E-state index contributed by atoms with van der Waals surface area (Å²) in [4.78, 5) is 26.2. The van der Waals surface area contributed by atoms with Crippen LogP contribution in [0.5, 0.6) is 0 Å². The van der Waals surface area contributed by atoms with Crippen molar-refractivity contribution in [1.29, 1.82) is 0 Å². The number of urea groups is 1. The van der Waals surface area contributed by atoms with Crippen LogP contribution < -0.4 is 10.6 Å². The minimum Gasteiger partial charge on any atom is -0.381 e. The van der Waals surface area contributed by atoms with E-state index in [-0.39, 0.29) is 23.4 Å². The molecule has 2 aliphatic rings. The van der Waals surface area contributed by atoms with Crippen molar-refractivity contribution in [1.82, 2.24) is 15.5 Å². The molecule has 0 aliphatic carbocycles. The van der Waals surface area contributed by atoms with E-state index < -0.39 is 0 Å². The Balaban J connectivity index is 1.39. The lowest BCUT2D eigenvalue weighted by molar-refractivity contribution is 0.0917. The number of nitrogens with zero attached hydrogens (tertiary/aromatic N) is 1. The molecule has 132 valence electrons. The number of piperidine rings is 1. The van der Waals surface area contributed by atoms with Crippen LogP contribution in [0.3, 0.4) is 0 Å². The summed E-state index contributed by atoms with van der Waals surface area (Å²) in [5.41, 5.74) is 0.773. The van der Waals surface area contributed by atoms with Crippen LogP contribution in [0.4, 0.5) is 4.79 Å². The predicted octanol–water partition coefficient (Wildman–Crippen LogP) is 2.08. The Bertz CT molecular complexity index is 562. The van der Waals surface area contributed by atoms with Gasteiger partial charge in [-0.05, 0) is 30.7 Å². The third-order valence-electron chi connectivity index (χ3n) is 4.87. The monoisotopic (exact) mass is 351 g/mol. The smallest absolute Gasteiger partial charge is 0.317 e. The number of likely N-dealkylation sites (tertiary alicyclic amines) is 1. The molecule has 3 heterocycles. The van der Waals surface area contributed by atoms with E-state index in [4.69, 9.17) is 4.74 Å². The van der Waals surface area contributed by atoms with Gasteiger partial charge in [0.2, 0.25) is 0 Å². The minimum absolute atomic E-state index is 0.00858. The maximum atomic E-state index is 12.3. The Morgan fingerprint density at radius 2 is 2.21 bits per heavy atom. The molecule has 2 saturated heterocycles. The zero-order valence-electron chi connectivity index (χ0n) is 14.0. The molecule has 0 radical (unpaired) electrons. The first kappa shape index (κ1) is 17.2. The van der Waals surface area contributed by atoms with Gasteiger partial charge in [-0.25, -0.2) is 4.79 Å². The van der Waals surface area contributed by atoms with Gasteiger partial charge >= 0.3 is 6.03 Å². The Hall–Kier alpha value is -1.60. The first-order valence-corrected chi connectivity index (χ1v) is 9.44. The van der Waals surface area contributed by atoms with Crippen molar-refractivity contribution in [3.05, 3.63) is 22.4 Å². The third-order valence-corrected chi connectivity index (χ3v) is 5.55. The number of carbonyl (C=O) groups is 2. The highest BCUT2D eigenvalue weighted by molar-refractivity contribution is 7.08. The largest absolute Gasteiger partial charge is 0.381 e. The zero-order valence-corrected chi connectivity index (χ0v) is 14.9. The normalized spacial score (nSPS) is 24.8. The van der Waals surface area contributed by atoms with E-state index in [1.165, 1.54) is 11.3 Å². The van der Waals surface area contributed by atoms with E-state index >= 15 is 0 Å². The van der Waals surface area contributed by atoms with Gasteiger partial charge in [0.05, 0.1) is 6.61 Å². The summed E-state index contributed by atoms with van der Waals surface area (Å²) < 4.78 is 5.42. The van der Waals surface area contributed by atoms with Crippen molar-refractivity contribution in [2.75, 3.05) is 32.8 Å². The number of amides is 3. The molecule has 2 fully saturated rings. The highest BCUT2D eigenvalue weighted by Gasteiger charge is 2.31. The molecule has 0 unspecified atom stereocenters. The van der Waals surface area contributed by atoms with Crippen LogP contribution in [-0.4, -0.2) is 55.7 Å². The molecule has 1 aromatic rings. The molecule has 3 amide bonds. The summed E-state index contributed by atoms with van der Waals surface area (Å²) in [6.45, 7) is 5.64. The fourth-order valence-electron chi connectivity index (χ4n) is 3.14. The topological polar surface area (TPSA) is 70.7 Å². The number of hydrogen-bond donors (Lipinski definition) is 2. The van der Waals surface area contributed by atoms with Crippen LogP contribution >= 0.6 is 11.3 Å². The lowest BCUT2D eigenvalue weighted by Gasteiger charge is -2.33. The van der Waals surface area contributed by atoms with Gasteiger partial charge in [-0.15, -0.1) is 0 Å². The molecule has 7 heteroatoms. The van der Waals surface area contributed by atoms with Gasteiger partial charge in [0.15, 0.2) is 0 Å². The summed E-state index contributed by atoms with van der Waals surface area (Å²) in [5.74, 6) is -0.0201. The van der Waals surface area contributed by atoms with Crippen molar-refractivity contribution in [3.8, 4) is 0 Å². The number of ether oxygens (including phenoxy) is 1. The number of hydrogen-bond acceptors (Lipinski definition) is 4. The van der Waals surface area contributed by atoms with Crippen LogP contribution in [0.1, 0.15) is 36.5 Å². The standard InChI is InChI=1S/C17H25N3O3S/c1-17(5-8-23-12-17)11-18-16(22)20-6-2-14(3-7-20)19-15(21)13-4-9-24-10-13/h4,9-10,14H,2-3,5-8,11-12H2,1H3,(H,18,22)(H,19,21)/t17-/m1/s1. The highest BCUT2D eigenvalue weighted by atomic mass is 32.1. The summed E-state index contributed by atoms with van der Waals surface area (Å²) >= 11 is 1.52. The van der Waals surface area contributed by atoms with E-state index in [9.17, 15) is 9.59 Å². The minimum atomic E-state index is -0.0201. The Morgan fingerprint density at radius 3 is 2.83 bits per heavy atom. The molecule has 2 aliphatic heterocycles. The second kappa shape index (κ2) is 7.53. The van der Waals surface area contributed by atoms with Crippen molar-refractivity contribution in [3.63, 3.8) is 0 Å². The van der Waals surface area contributed by atoms with Gasteiger partial charge < -0.3 is 20.3 Å². The average Bonchev–Trinajstić information content (AvgIpc) is 3.25. The first-order chi connectivity index (χ1) is 11.6. The number of nitrogens with one attached hydrogen (secondary N) is 2. The highest BCUT2D eigenvalue weighted by Crippen LogP contribution is 2.26. The van der Waals surface area contributed by atoms with Crippen molar-refractivity contribution in [2.24, 2.45) is 5.41 Å². The van der Waals surface area contributed by atoms with Crippen molar-refractivity contribution in [2.45, 2.75) is 32.2 Å². The summed E-state index contributed by atoms with van der Waals surface area (Å²) in [7, 11) is 0. The van der Waals surface area contributed by atoms with E-state index in [1.807, 2.05) is 21.7 Å². The number of carbonyl (C=O) groups excluding carboxylic acids is 2. The van der Waals surface area contributed by atoms with Crippen LogP contribution in [0.25, 0.3) is 0 Å². The predicted molar refractivity (Wildman–Crippen MR) is 93.3 cm³/mol. The van der Waals surface area contributed by atoms with E-state index in [2.05, 4.69) is 17.6 Å². The quantitative estimate of drug-likeness (QED) is 0.872. The molecule has 1 aromatic heterocycles. The van der Waals surface area contributed by atoms with Crippen molar-refractivity contribution < 1.29 is 14.3 Å². The van der Waals surface area contributed by atoms with Gasteiger partial charge in [-0.1, -0.05) is 6.92 Å². The summed E-state index contributed by atoms with van der Waals surface area (Å²) in [6, 6.07) is 1.96. The Labute approximate surface area is 146 Å². The zero-order chi connectivity index (χ0) is 17.0. The lowest BCUT2D eigenvalue weighted by atomic mass is 9.90. The van der Waals surface area contributed by atoms with Gasteiger partial charge in [-0.2, -0.15) is 11.3 Å². The van der Waals surface area contributed by atoms with Crippen LogP contribution in [0.15, 0.2) is 16.8 Å². The van der Waals surface area contributed by atoms with Crippen molar-refractivity contribution >= 4 is 23.3 Å². The Morgan fingerprint density at radius 1 is 1.42 bits per heavy atom. The third kappa shape index (κ3) is 4.27. The molecule has 3 rings (SSSR count). The van der Waals surface area contributed by atoms with Crippen LogP contribution in [-0.2, 0) is 4.74 Å². The average molecular weight is 351 g/mol. The first-order valence-electron chi connectivity index (χ1n) is 8.49.